The molecule has 0 saturated heterocycles. The number of aromatic carboxylic acids is 1. The standard InChI is InChI=1S/C9H7N3O3/c13-7-3-1-2-6(4-7)12-8(9(14)15)10-5-11-12/h1-5,13H,(H,14,15). The summed E-state index contributed by atoms with van der Waals surface area (Å²) in [7, 11) is 0. The largest absolute Gasteiger partial charge is 0.508 e. The first kappa shape index (κ1) is 9.20. The second kappa shape index (κ2) is 3.41. The van der Waals surface area contributed by atoms with Crippen LogP contribution < -0.4 is 0 Å². The Labute approximate surface area is 84.4 Å². The van der Waals surface area contributed by atoms with Crippen LogP contribution in [0.3, 0.4) is 0 Å². The smallest absolute Gasteiger partial charge is 0.374 e. The molecule has 2 N–H and O–H groups in total. The van der Waals surface area contributed by atoms with E-state index >= 15 is 0 Å². The van der Waals surface area contributed by atoms with Crippen LogP contribution in [-0.4, -0.2) is 30.9 Å². The average molecular weight is 205 g/mol. The van der Waals surface area contributed by atoms with E-state index in [-0.39, 0.29) is 11.6 Å². The molecule has 2 rings (SSSR count). The van der Waals surface area contributed by atoms with Gasteiger partial charge in [0.15, 0.2) is 0 Å². The number of hydrogen-bond donors (Lipinski definition) is 2. The summed E-state index contributed by atoms with van der Waals surface area (Å²) in [6.07, 6.45) is 1.15. The highest BCUT2D eigenvalue weighted by molar-refractivity contribution is 5.83. The van der Waals surface area contributed by atoms with Crippen LogP contribution in [0.2, 0.25) is 0 Å². The number of rotatable bonds is 2. The van der Waals surface area contributed by atoms with Crippen molar-refractivity contribution in [1.82, 2.24) is 14.8 Å². The van der Waals surface area contributed by atoms with E-state index in [0.717, 1.165) is 11.0 Å². The van der Waals surface area contributed by atoms with Crippen LogP contribution >= 0.6 is 0 Å². The number of carboxylic acids is 1. The lowest BCUT2D eigenvalue weighted by molar-refractivity contribution is 0.0680. The molecule has 0 saturated carbocycles. The molecule has 0 amide bonds. The van der Waals surface area contributed by atoms with Gasteiger partial charge >= 0.3 is 5.97 Å². The van der Waals surface area contributed by atoms with E-state index in [9.17, 15) is 9.90 Å². The molecule has 0 fully saturated rings. The molecule has 15 heavy (non-hydrogen) atoms. The summed E-state index contributed by atoms with van der Waals surface area (Å²) in [5.41, 5.74) is 0.449. The van der Waals surface area contributed by atoms with E-state index in [1.807, 2.05) is 0 Å². The quantitative estimate of drug-likeness (QED) is 0.752. The molecule has 1 aromatic heterocycles. The van der Waals surface area contributed by atoms with Crippen molar-refractivity contribution < 1.29 is 15.0 Å². The molecule has 0 bridgehead atoms. The summed E-state index contributed by atoms with van der Waals surface area (Å²) >= 11 is 0. The molecule has 6 heteroatoms. The number of aromatic hydroxyl groups is 1. The Kier molecular flexibility index (Phi) is 2.09. The molecule has 6 nitrogen and oxygen atoms in total. The molecule has 2 aromatic rings. The van der Waals surface area contributed by atoms with Gasteiger partial charge in [0.05, 0.1) is 5.69 Å². The molecule has 1 aromatic carbocycles. The summed E-state index contributed by atoms with van der Waals surface area (Å²) in [5.74, 6) is -1.32. The van der Waals surface area contributed by atoms with Gasteiger partial charge in [-0.2, -0.15) is 5.10 Å². The van der Waals surface area contributed by atoms with Gasteiger partial charge < -0.3 is 10.2 Å². The van der Waals surface area contributed by atoms with Gasteiger partial charge in [0.1, 0.15) is 12.1 Å². The SMILES string of the molecule is O=C(O)c1ncnn1-c1cccc(O)c1. The summed E-state index contributed by atoms with van der Waals surface area (Å²) < 4.78 is 1.14. The van der Waals surface area contributed by atoms with Gasteiger partial charge in [-0.3, -0.25) is 0 Å². The molecule has 0 aliphatic carbocycles. The van der Waals surface area contributed by atoms with Crippen molar-refractivity contribution in [3.63, 3.8) is 0 Å². The predicted molar refractivity (Wildman–Crippen MR) is 50.0 cm³/mol. The van der Waals surface area contributed by atoms with Gasteiger partial charge in [0.2, 0.25) is 5.82 Å². The zero-order valence-corrected chi connectivity index (χ0v) is 7.53. The Morgan fingerprint density at radius 3 is 2.87 bits per heavy atom. The van der Waals surface area contributed by atoms with Gasteiger partial charge in [-0.25, -0.2) is 14.5 Å². The normalized spacial score (nSPS) is 10.1. The van der Waals surface area contributed by atoms with E-state index in [0.29, 0.717) is 5.69 Å². The summed E-state index contributed by atoms with van der Waals surface area (Å²) in [6, 6.07) is 6.11. The molecular formula is C9H7N3O3. The van der Waals surface area contributed by atoms with Crippen molar-refractivity contribution in [1.29, 1.82) is 0 Å². The fraction of sp³-hybridized carbons (Fsp3) is 0. The summed E-state index contributed by atoms with van der Waals surface area (Å²) in [6.45, 7) is 0. The lowest BCUT2D eigenvalue weighted by Gasteiger charge is -2.02. The van der Waals surface area contributed by atoms with Crippen molar-refractivity contribution in [3.8, 4) is 11.4 Å². The maximum Gasteiger partial charge on any atom is 0.374 e. The fourth-order valence-corrected chi connectivity index (χ4v) is 1.20. The Bertz CT molecular complexity index is 507. The van der Waals surface area contributed by atoms with Gasteiger partial charge in [-0.1, -0.05) is 6.07 Å². The highest BCUT2D eigenvalue weighted by Crippen LogP contribution is 2.15. The van der Waals surface area contributed by atoms with Crippen molar-refractivity contribution >= 4 is 5.97 Å². The summed E-state index contributed by atoms with van der Waals surface area (Å²) in [4.78, 5) is 14.3. The van der Waals surface area contributed by atoms with Crippen LogP contribution in [0.15, 0.2) is 30.6 Å². The first-order chi connectivity index (χ1) is 7.18. The van der Waals surface area contributed by atoms with Crippen LogP contribution in [0, 0.1) is 0 Å². The topological polar surface area (TPSA) is 88.2 Å². The Morgan fingerprint density at radius 2 is 2.20 bits per heavy atom. The van der Waals surface area contributed by atoms with E-state index in [2.05, 4.69) is 10.1 Å². The molecular weight excluding hydrogens is 198 g/mol. The Hall–Kier alpha value is -2.37. The maximum absolute atomic E-state index is 10.8. The number of carbonyl (C=O) groups is 1. The molecule has 0 spiro atoms. The molecule has 0 unspecified atom stereocenters. The van der Waals surface area contributed by atoms with Gasteiger partial charge in [0, 0.05) is 6.07 Å². The molecule has 0 aliphatic heterocycles. The third kappa shape index (κ3) is 1.64. The minimum Gasteiger partial charge on any atom is -0.508 e. The van der Waals surface area contributed by atoms with E-state index in [1.165, 1.54) is 12.1 Å². The Balaban J connectivity index is 2.54. The second-order valence-electron chi connectivity index (χ2n) is 2.82. The van der Waals surface area contributed by atoms with E-state index in [1.54, 1.807) is 12.1 Å². The number of phenols is 1. The minimum absolute atomic E-state index is 0.0411. The van der Waals surface area contributed by atoms with Crippen LogP contribution in [-0.2, 0) is 0 Å². The molecule has 76 valence electrons. The average Bonchev–Trinajstić information content (AvgIpc) is 2.65. The van der Waals surface area contributed by atoms with Gasteiger partial charge in [-0.05, 0) is 12.1 Å². The molecule has 0 atom stereocenters. The lowest BCUT2D eigenvalue weighted by atomic mass is 10.3. The second-order valence-corrected chi connectivity index (χ2v) is 2.82. The number of benzene rings is 1. The number of phenolic OH excluding ortho intramolecular Hbond substituents is 1. The van der Waals surface area contributed by atoms with Crippen LogP contribution in [0.4, 0.5) is 0 Å². The van der Waals surface area contributed by atoms with E-state index in [4.69, 9.17) is 5.11 Å². The van der Waals surface area contributed by atoms with Crippen LogP contribution in [0.25, 0.3) is 5.69 Å². The fourth-order valence-electron chi connectivity index (χ4n) is 1.20. The van der Waals surface area contributed by atoms with Crippen molar-refractivity contribution in [3.05, 3.63) is 36.4 Å². The molecule has 0 radical (unpaired) electrons. The first-order valence-corrected chi connectivity index (χ1v) is 4.11. The molecule has 1 heterocycles. The van der Waals surface area contributed by atoms with Gasteiger partial charge in [-0.15, -0.1) is 0 Å². The number of aromatic nitrogens is 3. The monoisotopic (exact) mass is 205 g/mol. The van der Waals surface area contributed by atoms with Crippen LogP contribution in [0.1, 0.15) is 10.6 Å². The zero-order chi connectivity index (χ0) is 10.8. The van der Waals surface area contributed by atoms with Crippen molar-refractivity contribution in [2.75, 3.05) is 0 Å². The highest BCUT2D eigenvalue weighted by atomic mass is 16.4. The number of hydrogen-bond acceptors (Lipinski definition) is 4. The highest BCUT2D eigenvalue weighted by Gasteiger charge is 2.13. The number of carboxylic acid groups (broad SMARTS) is 1. The van der Waals surface area contributed by atoms with Crippen molar-refractivity contribution in [2.45, 2.75) is 0 Å². The number of nitrogens with zero attached hydrogens (tertiary/aromatic N) is 3. The third-order valence-corrected chi connectivity index (χ3v) is 1.81. The minimum atomic E-state index is -1.17. The lowest BCUT2D eigenvalue weighted by Crippen LogP contribution is -2.09. The summed E-state index contributed by atoms with van der Waals surface area (Å²) in [5, 5.41) is 21.8. The predicted octanol–water partition coefficient (Wildman–Crippen LogP) is 0.671. The van der Waals surface area contributed by atoms with Crippen molar-refractivity contribution in [2.24, 2.45) is 0 Å². The van der Waals surface area contributed by atoms with Gasteiger partial charge in [0.25, 0.3) is 0 Å². The first-order valence-electron chi connectivity index (χ1n) is 4.11. The van der Waals surface area contributed by atoms with E-state index < -0.39 is 5.97 Å². The Morgan fingerprint density at radius 1 is 1.40 bits per heavy atom. The van der Waals surface area contributed by atoms with Crippen LogP contribution in [0.5, 0.6) is 5.75 Å². The zero-order valence-electron chi connectivity index (χ0n) is 7.53. The maximum atomic E-state index is 10.8. The third-order valence-electron chi connectivity index (χ3n) is 1.81. The molecule has 0 aliphatic rings.